The average Bonchev–Trinajstić information content (AvgIpc) is 2.37. The second-order valence-corrected chi connectivity index (χ2v) is 4.90. The molecule has 0 aromatic heterocycles. The van der Waals surface area contributed by atoms with Crippen LogP contribution in [-0.2, 0) is 9.53 Å². The molecule has 1 N–H and O–H groups in total. The average molecular weight is 361 g/mol. The number of nitrogens with one attached hydrogen (secondary N) is 1. The lowest BCUT2D eigenvalue weighted by Gasteiger charge is -2.07. The summed E-state index contributed by atoms with van der Waals surface area (Å²) in [5, 5.41) is 2.55. The highest BCUT2D eigenvalue weighted by Crippen LogP contribution is 2.10. The van der Waals surface area contributed by atoms with Gasteiger partial charge in [0, 0.05) is 3.57 Å². The summed E-state index contributed by atoms with van der Waals surface area (Å²) < 4.78 is 5.80. The van der Waals surface area contributed by atoms with Gasteiger partial charge in [-0.25, -0.2) is 0 Å². The van der Waals surface area contributed by atoms with Crippen molar-refractivity contribution in [3.63, 3.8) is 0 Å². The lowest BCUT2D eigenvalue weighted by atomic mass is 10.2. The van der Waals surface area contributed by atoms with Gasteiger partial charge in [-0.3, -0.25) is 9.59 Å². The minimum absolute atomic E-state index is 0.0898. The Labute approximate surface area is 120 Å². The molecule has 1 aromatic rings. The van der Waals surface area contributed by atoms with Gasteiger partial charge in [0.2, 0.25) is 0 Å². The fourth-order valence-corrected chi connectivity index (χ4v) is 1.91. The number of esters is 1. The monoisotopic (exact) mass is 361 g/mol. The number of carbonyl (C=O) groups excluding carboxylic acids is 2. The van der Waals surface area contributed by atoms with Crippen LogP contribution in [0.2, 0.25) is 0 Å². The number of rotatable bonds is 6. The molecular formula is C13H16INO3. The first-order chi connectivity index (χ1) is 8.65. The molecule has 0 aliphatic carbocycles. The Hall–Kier alpha value is -1.11. The molecule has 98 valence electrons. The van der Waals surface area contributed by atoms with Crippen LogP contribution in [0.5, 0.6) is 0 Å². The molecule has 0 aliphatic heterocycles. The molecule has 0 aliphatic rings. The van der Waals surface area contributed by atoms with E-state index in [9.17, 15) is 9.59 Å². The van der Waals surface area contributed by atoms with Gasteiger partial charge in [0.15, 0.2) is 0 Å². The molecule has 0 saturated carbocycles. The highest BCUT2D eigenvalue weighted by molar-refractivity contribution is 14.1. The third-order valence-electron chi connectivity index (χ3n) is 2.27. The molecule has 5 heteroatoms. The van der Waals surface area contributed by atoms with Crippen LogP contribution >= 0.6 is 22.6 Å². The molecule has 0 spiro atoms. The van der Waals surface area contributed by atoms with Gasteiger partial charge in [-0.1, -0.05) is 25.5 Å². The van der Waals surface area contributed by atoms with Crippen LogP contribution in [0, 0.1) is 3.57 Å². The number of carbonyl (C=O) groups is 2. The van der Waals surface area contributed by atoms with Crippen molar-refractivity contribution < 1.29 is 14.3 Å². The van der Waals surface area contributed by atoms with Crippen LogP contribution in [-0.4, -0.2) is 25.0 Å². The van der Waals surface area contributed by atoms with Crippen molar-refractivity contribution in [3.8, 4) is 0 Å². The number of ether oxygens (including phenoxy) is 1. The quantitative estimate of drug-likeness (QED) is 0.481. The second kappa shape index (κ2) is 8.07. The third-order valence-corrected chi connectivity index (χ3v) is 3.21. The van der Waals surface area contributed by atoms with Gasteiger partial charge in [0.1, 0.15) is 6.54 Å². The van der Waals surface area contributed by atoms with Gasteiger partial charge in [-0.05, 0) is 41.1 Å². The molecule has 0 heterocycles. The molecule has 1 rings (SSSR count). The van der Waals surface area contributed by atoms with Gasteiger partial charge < -0.3 is 10.1 Å². The van der Waals surface area contributed by atoms with Gasteiger partial charge in [0.25, 0.3) is 5.91 Å². The molecule has 0 radical (unpaired) electrons. The fraction of sp³-hybridized carbons (Fsp3) is 0.385. The van der Waals surface area contributed by atoms with Crippen molar-refractivity contribution in [3.05, 3.63) is 33.4 Å². The van der Waals surface area contributed by atoms with Crippen LogP contribution in [0.25, 0.3) is 0 Å². The molecule has 0 bridgehead atoms. The summed E-state index contributed by atoms with van der Waals surface area (Å²) in [6.07, 6.45) is 1.82. The number of benzene rings is 1. The first kappa shape index (κ1) is 14.9. The fourth-order valence-electron chi connectivity index (χ4n) is 1.27. The summed E-state index contributed by atoms with van der Waals surface area (Å²) in [6, 6.07) is 7.21. The SMILES string of the molecule is CCCCOC(=O)CNC(=O)c1ccccc1I. The van der Waals surface area contributed by atoms with E-state index in [1.165, 1.54) is 0 Å². The molecule has 0 saturated heterocycles. The van der Waals surface area contributed by atoms with E-state index in [0.717, 1.165) is 16.4 Å². The van der Waals surface area contributed by atoms with Gasteiger partial charge in [-0.2, -0.15) is 0 Å². The van der Waals surface area contributed by atoms with E-state index in [-0.39, 0.29) is 12.5 Å². The van der Waals surface area contributed by atoms with Crippen molar-refractivity contribution in [1.29, 1.82) is 0 Å². The van der Waals surface area contributed by atoms with E-state index in [4.69, 9.17) is 4.74 Å². The van der Waals surface area contributed by atoms with Crippen LogP contribution in [0.15, 0.2) is 24.3 Å². The Bertz CT molecular complexity index is 420. The topological polar surface area (TPSA) is 55.4 Å². The number of hydrogen-bond donors (Lipinski definition) is 1. The van der Waals surface area contributed by atoms with Gasteiger partial charge in [-0.15, -0.1) is 0 Å². The highest BCUT2D eigenvalue weighted by atomic mass is 127. The Balaban J connectivity index is 2.38. The third kappa shape index (κ3) is 5.03. The maximum absolute atomic E-state index is 11.8. The Morgan fingerprint density at radius 1 is 1.33 bits per heavy atom. The minimum Gasteiger partial charge on any atom is -0.464 e. The van der Waals surface area contributed by atoms with E-state index in [1.54, 1.807) is 12.1 Å². The molecule has 18 heavy (non-hydrogen) atoms. The summed E-state index contributed by atoms with van der Waals surface area (Å²) >= 11 is 2.08. The lowest BCUT2D eigenvalue weighted by molar-refractivity contribution is -0.142. The maximum Gasteiger partial charge on any atom is 0.325 e. The highest BCUT2D eigenvalue weighted by Gasteiger charge is 2.10. The maximum atomic E-state index is 11.8. The molecule has 4 nitrogen and oxygen atoms in total. The zero-order valence-corrected chi connectivity index (χ0v) is 12.4. The largest absolute Gasteiger partial charge is 0.464 e. The summed E-state index contributed by atoms with van der Waals surface area (Å²) in [6.45, 7) is 2.34. The van der Waals surface area contributed by atoms with E-state index in [1.807, 2.05) is 19.1 Å². The predicted octanol–water partition coefficient (Wildman–Crippen LogP) is 2.36. The number of halogens is 1. The van der Waals surface area contributed by atoms with Crippen molar-refractivity contribution >= 4 is 34.5 Å². The van der Waals surface area contributed by atoms with E-state index in [2.05, 4.69) is 27.9 Å². The van der Waals surface area contributed by atoms with E-state index >= 15 is 0 Å². The van der Waals surface area contributed by atoms with Crippen LogP contribution in [0.3, 0.4) is 0 Å². The zero-order valence-electron chi connectivity index (χ0n) is 10.2. The molecule has 0 atom stereocenters. The molecule has 0 fully saturated rings. The second-order valence-electron chi connectivity index (χ2n) is 3.74. The lowest BCUT2D eigenvalue weighted by Crippen LogP contribution is -2.31. The van der Waals surface area contributed by atoms with E-state index < -0.39 is 5.97 Å². The van der Waals surface area contributed by atoms with Crippen molar-refractivity contribution in [2.45, 2.75) is 19.8 Å². The first-order valence-corrected chi connectivity index (χ1v) is 6.91. The smallest absolute Gasteiger partial charge is 0.325 e. The van der Waals surface area contributed by atoms with Crippen LogP contribution in [0.4, 0.5) is 0 Å². The van der Waals surface area contributed by atoms with E-state index in [0.29, 0.717) is 12.2 Å². The van der Waals surface area contributed by atoms with Crippen LogP contribution < -0.4 is 5.32 Å². The standard InChI is InChI=1S/C13H16INO3/c1-2-3-8-18-12(16)9-15-13(17)10-6-4-5-7-11(10)14/h4-7H,2-3,8-9H2,1H3,(H,15,17). The summed E-state index contributed by atoms with van der Waals surface area (Å²) in [5.41, 5.74) is 0.569. The van der Waals surface area contributed by atoms with Crippen molar-refractivity contribution in [2.24, 2.45) is 0 Å². The summed E-state index contributed by atoms with van der Waals surface area (Å²) in [4.78, 5) is 23.1. The first-order valence-electron chi connectivity index (χ1n) is 5.83. The zero-order chi connectivity index (χ0) is 13.4. The number of unbranched alkanes of at least 4 members (excludes halogenated alkanes) is 1. The molecule has 0 unspecified atom stereocenters. The summed E-state index contributed by atoms with van der Waals surface area (Å²) in [7, 11) is 0. The van der Waals surface area contributed by atoms with Crippen LogP contribution in [0.1, 0.15) is 30.1 Å². The molecule has 1 aromatic carbocycles. The summed E-state index contributed by atoms with van der Waals surface area (Å²) in [5.74, 6) is -0.657. The normalized spacial score (nSPS) is 9.89. The number of amides is 1. The Kier molecular flexibility index (Phi) is 6.70. The minimum atomic E-state index is -0.400. The van der Waals surface area contributed by atoms with Gasteiger partial charge in [0.05, 0.1) is 12.2 Å². The predicted molar refractivity (Wildman–Crippen MR) is 77.4 cm³/mol. The Morgan fingerprint density at radius 3 is 2.72 bits per heavy atom. The Morgan fingerprint density at radius 2 is 2.06 bits per heavy atom. The van der Waals surface area contributed by atoms with Crippen molar-refractivity contribution in [2.75, 3.05) is 13.2 Å². The molecular weight excluding hydrogens is 345 g/mol. The van der Waals surface area contributed by atoms with Crippen molar-refractivity contribution in [1.82, 2.24) is 5.32 Å². The number of hydrogen-bond acceptors (Lipinski definition) is 3. The molecule has 1 amide bonds. The van der Waals surface area contributed by atoms with Gasteiger partial charge >= 0.3 is 5.97 Å².